The topological polar surface area (TPSA) is 61.2 Å². The molecular formula is C26H24F2N2O2S. The lowest BCUT2D eigenvalue weighted by Gasteiger charge is -2.41. The Hall–Kier alpha value is -3.08. The van der Waals surface area contributed by atoms with Crippen LogP contribution in [-0.2, 0) is 15.4 Å². The van der Waals surface area contributed by atoms with Gasteiger partial charge in [0.05, 0.1) is 11.0 Å². The van der Waals surface area contributed by atoms with Crippen LogP contribution in [0.15, 0.2) is 77.7 Å². The lowest BCUT2D eigenvalue weighted by Crippen LogP contribution is -2.45. The third-order valence-electron chi connectivity index (χ3n) is 6.50. The fourth-order valence-corrected chi connectivity index (χ4v) is 6.14. The molecule has 0 saturated carbocycles. The van der Waals surface area contributed by atoms with Crippen LogP contribution in [0.25, 0.3) is 0 Å². The number of nitrogens with zero attached hydrogens (tertiary/aromatic N) is 2. The fourth-order valence-electron chi connectivity index (χ4n) is 4.67. The molecule has 0 bridgehead atoms. The second kappa shape index (κ2) is 9.05. The monoisotopic (exact) mass is 466 g/mol. The van der Waals surface area contributed by atoms with E-state index in [1.54, 1.807) is 48.5 Å². The van der Waals surface area contributed by atoms with E-state index in [0.717, 1.165) is 5.56 Å². The number of benzene rings is 3. The molecule has 4 nitrogen and oxygen atoms in total. The highest BCUT2D eigenvalue weighted by molar-refractivity contribution is 7.89. The summed E-state index contributed by atoms with van der Waals surface area (Å²) in [5, 5.41) is 10.4. The molecular weight excluding hydrogens is 442 g/mol. The van der Waals surface area contributed by atoms with Crippen molar-refractivity contribution in [1.29, 1.82) is 5.26 Å². The van der Waals surface area contributed by atoms with E-state index in [9.17, 15) is 22.5 Å². The molecule has 0 unspecified atom stereocenters. The molecule has 0 aromatic heterocycles. The molecule has 3 aromatic rings. The van der Waals surface area contributed by atoms with E-state index < -0.39 is 27.1 Å². The smallest absolute Gasteiger partial charge is 0.207 e. The number of aryl methyl sites for hydroxylation is 1. The van der Waals surface area contributed by atoms with Gasteiger partial charge in [-0.1, -0.05) is 42.0 Å². The lowest BCUT2D eigenvalue weighted by molar-refractivity contribution is 0.229. The summed E-state index contributed by atoms with van der Waals surface area (Å²) in [5.74, 6) is -1.06. The summed E-state index contributed by atoms with van der Waals surface area (Å²) in [5.41, 5.74) is 1.04. The highest BCUT2D eigenvalue weighted by Crippen LogP contribution is 2.44. The van der Waals surface area contributed by atoms with E-state index in [0.29, 0.717) is 24.0 Å². The molecule has 3 aromatic carbocycles. The molecule has 1 heterocycles. The average molecular weight is 467 g/mol. The average Bonchev–Trinajstić information content (AvgIpc) is 2.82. The van der Waals surface area contributed by atoms with Crippen molar-refractivity contribution in [2.45, 2.75) is 30.1 Å². The van der Waals surface area contributed by atoms with Crippen molar-refractivity contribution in [2.24, 2.45) is 5.92 Å². The van der Waals surface area contributed by atoms with E-state index in [1.807, 2.05) is 6.92 Å². The third kappa shape index (κ3) is 4.29. The minimum absolute atomic E-state index is 0.233. The SMILES string of the molecule is Cc1ccc(S(=O)(=O)N2CCC(C(C#N)(c3ccc(F)cc3)c3ccc(F)cc3)CC2)cc1. The van der Waals surface area contributed by atoms with Crippen LogP contribution in [0.3, 0.4) is 0 Å². The molecule has 0 aliphatic carbocycles. The molecule has 0 N–H and O–H groups in total. The van der Waals surface area contributed by atoms with Crippen molar-refractivity contribution >= 4 is 10.0 Å². The molecule has 0 atom stereocenters. The van der Waals surface area contributed by atoms with Gasteiger partial charge in [-0.15, -0.1) is 0 Å². The number of hydrogen-bond donors (Lipinski definition) is 0. The molecule has 4 rings (SSSR count). The number of hydrogen-bond acceptors (Lipinski definition) is 3. The van der Waals surface area contributed by atoms with Crippen molar-refractivity contribution in [2.75, 3.05) is 13.1 Å². The first kappa shape index (κ1) is 23.1. The van der Waals surface area contributed by atoms with Crippen LogP contribution in [0.1, 0.15) is 29.5 Å². The Kier molecular flexibility index (Phi) is 6.33. The number of rotatable bonds is 5. The predicted octanol–water partition coefficient (Wildman–Crippen LogP) is 5.18. The maximum atomic E-state index is 13.6. The zero-order valence-electron chi connectivity index (χ0n) is 18.2. The summed E-state index contributed by atoms with van der Waals surface area (Å²) >= 11 is 0. The zero-order chi connectivity index (χ0) is 23.6. The second-order valence-electron chi connectivity index (χ2n) is 8.43. The van der Waals surface area contributed by atoms with Crippen molar-refractivity contribution in [3.63, 3.8) is 0 Å². The Bertz CT molecular complexity index is 1210. The van der Waals surface area contributed by atoms with Gasteiger partial charge >= 0.3 is 0 Å². The van der Waals surface area contributed by atoms with Crippen LogP contribution in [0.4, 0.5) is 8.78 Å². The molecule has 0 spiro atoms. The van der Waals surface area contributed by atoms with E-state index >= 15 is 0 Å². The Morgan fingerprint density at radius 3 is 1.73 bits per heavy atom. The Morgan fingerprint density at radius 2 is 1.30 bits per heavy atom. The first-order valence-electron chi connectivity index (χ1n) is 10.8. The molecule has 0 amide bonds. The van der Waals surface area contributed by atoms with Gasteiger partial charge in [-0.25, -0.2) is 17.2 Å². The van der Waals surface area contributed by atoms with Crippen LogP contribution in [-0.4, -0.2) is 25.8 Å². The predicted molar refractivity (Wildman–Crippen MR) is 122 cm³/mol. The molecule has 1 saturated heterocycles. The first-order valence-corrected chi connectivity index (χ1v) is 12.2. The quantitative estimate of drug-likeness (QED) is 0.520. The summed E-state index contributed by atoms with van der Waals surface area (Å²) in [4.78, 5) is 0.246. The molecule has 1 aliphatic rings. The van der Waals surface area contributed by atoms with E-state index in [4.69, 9.17) is 0 Å². The van der Waals surface area contributed by atoms with E-state index in [1.165, 1.54) is 28.6 Å². The number of nitriles is 1. The zero-order valence-corrected chi connectivity index (χ0v) is 19.0. The summed E-state index contributed by atoms with van der Waals surface area (Å²) < 4.78 is 55.0. The normalized spacial score (nSPS) is 15.8. The lowest BCUT2D eigenvalue weighted by atomic mass is 9.64. The van der Waals surface area contributed by atoms with Gasteiger partial charge in [0, 0.05) is 13.1 Å². The Morgan fingerprint density at radius 1 is 0.848 bits per heavy atom. The summed E-state index contributed by atoms with van der Waals surface area (Å²) in [6, 6.07) is 20.7. The van der Waals surface area contributed by atoms with Gasteiger partial charge in [0.2, 0.25) is 10.0 Å². The van der Waals surface area contributed by atoms with Crippen molar-refractivity contribution < 1.29 is 17.2 Å². The molecule has 1 fully saturated rings. The van der Waals surface area contributed by atoms with Crippen LogP contribution in [0.2, 0.25) is 0 Å². The highest BCUT2D eigenvalue weighted by atomic mass is 32.2. The van der Waals surface area contributed by atoms with Gasteiger partial charge in [-0.3, -0.25) is 0 Å². The molecule has 0 radical (unpaired) electrons. The fraction of sp³-hybridized carbons (Fsp3) is 0.269. The number of sulfonamides is 1. The molecule has 7 heteroatoms. The summed E-state index contributed by atoms with van der Waals surface area (Å²) in [7, 11) is -3.64. The van der Waals surface area contributed by atoms with Crippen LogP contribution in [0, 0.1) is 35.8 Å². The van der Waals surface area contributed by atoms with Crippen molar-refractivity contribution in [3.8, 4) is 6.07 Å². The summed E-state index contributed by atoms with van der Waals surface area (Å²) in [6.45, 7) is 2.41. The van der Waals surface area contributed by atoms with Crippen LogP contribution < -0.4 is 0 Å². The van der Waals surface area contributed by atoms with Crippen LogP contribution in [0.5, 0.6) is 0 Å². The maximum absolute atomic E-state index is 13.6. The van der Waals surface area contributed by atoms with Gasteiger partial charge in [0.1, 0.15) is 17.0 Å². The van der Waals surface area contributed by atoms with E-state index in [2.05, 4.69) is 6.07 Å². The third-order valence-corrected chi connectivity index (χ3v) is 8.41. The standard InChI is InChI=1S/C26H24F2N2O2S/c1-19-2-12-25(13-3-19)33(31,32)30-16-14-22(15-17-30)26(18-29,20-4-8-23(27)9-5-20)21-6-10-24(28)11-7-21/h2-13,22H,14-17H2,1H3. The van der Waals surface area contributed by atoms with Gasteiger partial charge in [-0.05, 0) is 73.2 Å². The Labute approximate surface area is 193 Å². The van der Waals surface area contributed by atoms with E-state index in [-0.39, 0.29) is 23.9 Å². The first-order chi connectivity index (χ1) is 15.8. The molecule has 33 heavy (non-hydrogen) atoms. The minimum atomic E-state index is -3.64. The highest BCUT2D eigenvalue weighted by Gasteiger charge is 2.45. The Balaban J connectivity index is 1.67. The molecule has 1 aliphatic heterocycles. The largest absolute Gasteiger partial charge is 0.243 e. The second-order valence-corrected chi connectivity index (χ2v) is 10.4. The minimum Gasteiger partial charge on any atom is -0.207 e. The van der Waals surface area contributed by atoms with Crippen molar-refractivity contribution in [1.82, 2.24) is 4.31 Å². The van der Waals surface area contributed by atoms with Gasteiger partial charge < -0.3 is 0 Å². The maximum Gasteiger partial charge on any atom is 0.243 e. The van der Waals surface area contributed by atoms with Crippen LogP contribution >= 0.6 is 0 Å². The summed E-state index contributed by atoms with van der Waals surface area (Å²) in [6.07, 6.45) is 0.876. The molecule has 170 valence electrons. The van der Waals surface area contributed by atoms with Crippen molar-refractivity contribution in [3.05, 3.63) is 101 Å². The van der Waals surface area contributed by atoms with Gasteiger partial charge in [0.25, 0.3) is 0 Å². The number of halogens is 2. The van der Waals surface area contributed by atoms with Gasteiger partial charge in [-0.2, -0.15) is 9.57 Å². The van der Waals surface area contributed by atoms with Gasteiger partial charge in [0.15, 0.2) is 0 Å². The number of piperidine rings is 1.